The van der Waals surface area contributed by atoms with Gasteiger partial charge in [-0.1, -0.05) is 12.1 Å². The Morgan fingerprint density at radius 3 is 2.74 bits per heavy atom. The van der Waals surface area contributed by atoms with E-state index in [4.69, 9.17) is 17.0 Å². The number of nitrogens with one attached hydrogen (secondary N) is 1. The molecule has 2 aromatic heterocycles. The quantitative estimate of drug-likeness (QED) is 0.543. The second kappa shape index (κ2) is 9.49. The summed E-state index contributed by atoms with van der Waals surface area (Å²) in [5, 5.41) is 4.32. The van der Waals surface area contributed by atoms with Crippen LogP contribution in [0, 0.1) is 0 Å². The van der Waals surface area contributed by atoms with Crippen molar-refractivity contribution in [3.8, 4) is 11.4 Å². The zero-order valence-electron chi connectivity index (χ0n) is 18.2. The summed E-state index contributed by atoms with van der Waals surface area (Å²) < 4.78 is 7.67. The van der Waals surface area contributed by atoms with Gasteiger partial charge in [0.25, 0.3) is 0 Å². The van der Waals surface area contributed by atoms with Gasteiger partial charge in [-0.25, -0.2) is 0 Å². The largest absolute Gasteiger partial charge is 0.497 e. The molecular weight excluding hydrogens is 406 g/mol. The van der Waals surface area contributed by atoms with Crippen LogP contribution in [0.1, 0.15) is 29.9 Å². The summed E-state index contributed by atoms with van der Waals surface area (Å²) in [4.78, 5) is 9.16. The predicted molar refractivity (Wildman–Crippen MR) is 128 cm³/mol. The van der Waals surface area contributed by atoms with E-state index in [-0.39, 0.29) is 12.1 Å². The molecule has 0 radical (unpaired) electrons. The Labute approximate surface area is 189 Å². The molecule has 1 aliphatic heterocycles. The van der Waals surface area contributed by atoms with Crippen molar-refractivity contribution in [2.24, 2.45) is 0 Å². The minimum absolute atomic E-state index is 0.0210. The highest BCUT2D eigenvalue weighted by atomic mass is 32.1. The van der Waals surface area contributed by atoms with E-state index in [2.05, 4.69) is 75.3 Å². The maximum Gasteiger partial charge on any atom is 0.170 e. The van der Waals surface area contributed by atoms with Gasteiger partial charge in [0.1, 0.15) is 5.75 Å². The van der Waals surface area contributed by atoms with E-state index < -0.39 is 0 Å². The molecule has 1 N–H and O–H groups in total. The third kappa shape index (κ3) is 4.57. The molecule has 6 nitrogen and oxygen atoms in total. The lowest BCUT2D eigenvalue weighted by molar-refractivity contribution is 0.286. The summed E-state index contributed by atoms with van der Waals surface area (Å²) in [6.07, 6.45) is 4.96. The fraction of sp³-hybridized carbons (Fsp3) is 0.333. The molecule has 0 bridgehead atoms. The summed E-state index contributed by atoms with van der Waals surface area (Å²) in [5.41, 5.74) is 3.22. The molecule has 162 valence electrons. The van der Waals surface area contributed by atoms with Crippen molar-refractivity contribution < 1.29 is 4.74 Å². The molecule has 1 aliphatic rings. The van der Waals surface area contributed by atoms with Gasteiger partial charge in [-0.05, 0) is 75.7 Å². The lowest BCUT2D eigenvalue weighted by Crippen LogP contribution is -2.32. The average Bonchev–Trinajstić information content (AvgIpc) is 3.39. The zero-order valence-corrected chi connectivity index (χ0v) is 19.0. The first kappa shape index (κ1) is 21.3. The Hall–Kier alpha value is -2.90. The number of benzene rings is 1. The van der Waals surface area contributed by atoms with E-state index >= 15 is 0 Å². The van der Waals surface area contributed by atoms with Crippen molar-refractivity contribution in [1.29, 1.82) is 0 Å². The van der Waals surface area contributed by atoms with Crippen LogP contribution in [-0.2, 0) is 0 Å². The minimum atomic E-state index is -0.0210. The minimum Gasteiger partial charge on any atom is -0.497 e. The molecule has 0 spiro atoms. The van der Waals surface area contributed by atoms with Crippen molar-refractivity contribution in [2.45, 2.75) is 18.5 Å². The van der Waals surface area contributed by atoms with Crippen LogP contribution in [-0.4, -0.2) is 58.8 Å². The highest BCUT2D eigenvalue weighted by Gasteiger charge is 2.40. The van der Waals surface area contributed by atoms with Crippen LogP contribution in [0.2, 0.25) is 0 Å². The second-order valence-corrected chi connectivity index (χ2v) is 8.37. The van der Waals surface area contributed by atoms with Gasteiger partial charge in [-0.15, -0.1) is 0 Å². The SMILES string of the molecule is COc1cccc(-n2cccc2C2C(c3ccccn3)NC(=S)N2CCCN(C)C)c1. The fourth-order valence-electron chi connectivity index (χ4n) is 4.16. The summed E-state index contributed by atoms with van der Waals surface area (Å²) >= 11 is 5.79. The standard InChI is InChI=1S/C24H29N5OS/c1-27(2)14-8-16-29-23(22(26-24(29)31)20-11-4-5-13-25-20)21-12-7-15-28(21)18-9-6-10-19(17-18)30-3/h4-7,9-13,15,17,22-23H,8,14,16H2,1-3H3,(H,26,31). The predicted octanol–water partition coefficient (Wildman–Crippen LogP) is 3.81. The van der Waals surface area contributed by atoms with Gasteiger partial charge in [0.2, 0.25) is 0 Å². The fourth-order valence-corrected chi connectivity index (χ4v) is 4.49. The number of rotatable bonds is 8. The number of hydrogen-bond donors (Lipinski definition) is 1. The molecule has 0 aliphatic carbocycles. The Morgan fingerprint density at radius 1 is 1.13 bits per heavy atom. The lowest BCUT2D eigenvalue weighted by Gasteiger charge is -2.29. The van der Waals surface area contributed by atoms with Crippen molar-refractivity contribution in [3.63, 3.8) is 0 Å². The van der Waals surface area contributed by atoms with Crippen LogP contribution in [0.3, 0.4) is 0 Å². The Kier molecular flexibility index (Phi) is 6.53. The van der Waals surface area contributed by atoms with Crippen molar-refractivity contribution in [2.75, 3.05) is 34.3 Å². The molecule has 2 atom stereocenters. The second-order valence-electron chi connectivity index (χ2n) is 7.98. The molecule has 3 heterocycles. The van der Waals surface area contributed by atoms with Crippen molar-refractivity contribution >= 4 is 17.3 Å². The van der Waals surface area contributed by atoms with Crippen LogP contribution >= 0.6 is 12.2 Å². The van der Waals surface area contributed by atoms with Crippen LogP contribution in [0.4, 0.5) is 0 Å². The maximum atomic E-state index is 5.79. The van der Waals surface area contributed by atoms with Crippen LogP contribution in [0.15, 0.2) is 67.0 Å². The van der Waals surface area contributed by atoms with Crippen LogP contribution in [0.25, 0.3) is 5.69 Å². The van der Waals surface area contributed by atoms with E-state index in [9.17, 15) is 0 Å². The van der Waals surface area contributed by atoms with E-state index in [1.54, 1.807) is 7.11 Å². The van der Waals surface area contributed by atoms with E-state index in [0.717, 1.165) is 41.8 Å². The highest BCUT2D eigenvalue weighted by molar-refractivity contribution is 7.80. The Balaban J connectivity index is 1.74. The molecule has 1 fully saturated rings. The third-order valence-electron chi connectivity index (χ3n) is 5.62. The van der Waals surface area contributed by atoms with Crippen LogP contribution < -0.4 is 10.1 Å². The van der Waals surface area contributed by atoms with Gasteiger partial charge >= 0.3 is 0 Å². The number of thiocarbonyl (C=S) groups is 1. The van der Waals surface area contributed by atoms with Crippen LogP contribution in [0.5, 0.6) is 5.75 Å². The Morgan fingerprint density at radius 2 is 2.00 bits per heavy atom. The lowest BCUT2D eigenvalue weighted by atomic mass is 10.0. The van der Waals surface area contributed by atoms with Gasteiger partial charge in [-0.3, -0.25) is 4.98 Å². The molecule has 0 amide bonds. The summed E-state index contributed by atoms with van der Waals surface area (Å²) in [6.45, 7) is 1.89. The van der Waals surface area contributed by atoms with Gasteiger partial charge in [0, 0.05) is 36.4 Å². The molecule has 3 aromatic rings. The third-order valence-corrected chi connectivity index (χ3v) is 5.97. The molecule has 1 aromatic carbocycles. The maximum absolute atomic E-state index is 5.79. The Bertz CT molecular complexity index is 1020. The first-order valence-corrected chi connectivity index (χ1v) is 10.9. The first-order valence-electron chi connectivity index (χ1n) is 10.5. The number of ether oxygens (including phenoxy) is 1. The summed E-state index contributed by atoms with van der Waals surface area (Å²) in [5.74, 6) is 0.835. The number of pyridine rings is 1. The number of hydrogen-bond acceptors (Lipinski definition) is 4. The molecule has 31 heavy (non-hydrogen) atoms. The van der Waals surface area contributed by atoms with Gasteiger partial charge in [0.05, 0.1) is 24.9 Å². The first-order chi connectivity index (χ1) is 15.1. The zero-order chi connectivity index (χ0) is 21.8. The van der Waals surface area contributed by atoms with E-state index in [1.807, 2.05) is 30.5 Å². The highest BCUT2D eigenvalue weighted by Crippen LogP contribution is 2.39. The van der Waals surface area contributed by atoms with E-state index in [0.29, 0.717) is 0 Å². The number of methoxy groups -OCH3 is 1. The number of nitrogens with zero attached hydrogens (tertiary/aromatic N) is 4. The molecule has 2 unspecified atom stereocenters. The summed E-state index contributed by atoms with van der Waals surface area (Å²) in [6, 6.07) is 18.4. The topological polar surface area (TPSA) is 45.6 Å². The normalized spacial score (nSPS) is 18.5. The van der Waals surface area contributed by atoms with Crippen molar-refractivity contribution in [3.05, 3.63) is 78.4 Å². The molecule has 7 heteroatoms. The van der Waals surface area contributed by atoms with Gasteiger partial charge in [-0.2, -0.15) is 0 Å². The molecule has 1 saturated heterocycles. The van der Waals surface area contributed by atoms with Crippen molar-refractivity contribution in [1.82, 2.24) is 24.7 Å². The number of aromatic nitrogens is 2. The van der Waals surface area contributed by atoms with Gasteiger partial charge in [0.15, 0.2) is 5.11 Å². The summed E-state index contributed by atoms with van der Waals surface area (Å²) in [7, 11) is 5.89. The average molecular weight is 436 g/mol. The molecule has 0 saturated carbocycles. The van der Waals surface area contributed by atoms with Gasteiger partial charge < -0.3 is 24.4 Å². The molecule has 4 rings (SSSR count). The van der Waals surface area contributed by atoms with E-state index in [1.165, 1.54) is 5.69 Å². The monoisotopic (exact) mass is 435 g/mol. The molecular formula is C24H29N5OS. The smallest absolute Gasteiger partial charge is 0.170 e.